The zero-order chi connectivity index (χ0) is 24.7. The second-order valence-corrected chi connectivity index (χ2v) is 9.52. The Morgan fingerprint density at radius 1 is 0.886 bits per heavy atom. The van der Waals surface area contributed by atoms with Crippen LogP contribution in [0, 0.1) is 9.81 Å². The number of nitroso groups, excluding NO2 is 2. The van der Waals surface area contributed by atoms with Crippen molar-refractivity contribution in [3.8, 4) is 0 Å². The number of amides is 2. The molecule has 4 atom stereocenters. The SMILES string of the molecule is O=NC(=O)C1c2ccccc2C(=O)N(C2c3ccccc3CCC2N=O)C1c1ccc(Cl)cc1Cl. The van der Waals surface area contributed by atoms with Crippen molar-refractivity contribution < 1.29 is 9.59 Å². The van der Waals surface area contributed by atoms with Gasteiger partial charge < -0.3 is 4.90 Å². The van der Waals surface area contributed by atoms with Crippen molar-refractivity contribution in [1.82, 2.24) is 4.90 Å². The monoisotopic (exact) mass is 507 g/mol. The predicted molar refractivity (Wildman–Crippen MR) is 132 cm³/mol. The molecule has 2 amide bonds. The summed E-state index contributed by atoms with van der Waals surface area (Å²) < 4.78 is 0. The van der Waals surface area contributed by atoms with Gasteiger partial charge in [-0.15, -0.1) is 4.91 Å². The van der Waals surface area contributed by atoms with E-state index in [4.69, 9.17) is 23.2 Å². The van der Waals surface area contributed by atoms with Crippen molar-refractivity contribution in [2.75, 3.05) is 0 Å². The predicted octanol–water partition coefficient (Wildman–Crippen LogP) is 6.39. The van der Waals surface area contributed by atoms with Crippen LogP contribution in [0.25, 0.3) is 0 Å². The van der Waals surface area contributed by atoms with Crippen LogP contribution in [-0.4, -0.2) is 22.8 Å². The molecule has 4 unspecified atom stereocenters. The Labute approximate surface area is 211 Å². The second-order valence-electron chi connectivity index (χ2n) is 8.67. The van der Waals surface area contributed by atoms with E-state index in [1.54, 1.807) is 36.4 Å². The van der Waals surface area contributed by atoms with E-state index in [9.17, 15) is 19.4 Å². The molecule has 1 aliphatic heterocycles. The number of hydrogen-bond acceptors (Lipinski definition) is 5. The third-order valence-electron chi connectivity index (χ3n) is 6.90. The van der Waals surface area contributed by atoms with Crippen molar-refractivity contribution in [2.45, 2.75) is 36.9 Å². The average Bonchev–Trinajstić information content (AvgIpc) is 2.88. The van der Waals surface area contributed by atoms with E-state index in [2.05, 4.69) is 10.4 Å². The standard InChI is InChI=1S/C26H19Cl2N3O4/c27-15-10-11-19(20(28)13-15)24-22(25(32)30-35)17-7-3-4-8-18(17)26(33)31(24)23-16-6-2-1-5-14(16)9-12-21(23)29-34/h1-8,10-11,13,21-24H,9,12H2. The molecule has 2 aliphatic rings. The van der Waals surface area contributed by atoms with Crippen molar-refractivity contribution in [1.29, 1.82) is 0 Å². The summed E-state index contributed by atoms with van der Waals surface area (Å²) in [4.78, 5) is 52.3. The third-order valence-corrected chi connectivity index (χ3v) is 7.46. The first-order valence-corrected chi connectivity index (χ1v) is 11.9. The number of fused-ring (bicyclic) bond motifs is 2. The maximum Gasteiger partial charge on any atom is 0.296 e. The summed E-state index contributed by atoms with van der Waals surface area (Å²) in [5.41, 5.74) is 2.84. The molecule has 0 N–H and O–H groups in total. The number of hydrogen-bond donors (Lipinski definition) is 0. The summed E-state index contributed by atoms with van der Waals surface area (Å²) in [7, 11) is 0. The number of carbonyl (C=O) groups excluding carboxylic acids is 2. The highest BCUT2D eigenvalue weighted by Gasteiger charge is 2.50. The molecule has 0 saturated heterocycles. The number of nitrogens with zero attached hydrogens (tertiary/aromatic N) is 3. The van der Waals surface area contributed by atoms with E-state index >= 15 is 0 Å². The van der Waals surface area contributed by atoms with Crippen LogP contribution in [0.3, 0.4) is 0 Å². The van der Waals surface area contributed by atoms with Gasteiger partial charge in [0.25, 0.3) is 11.8 Å². The largest absolute Gasteiger partial charge is 0.321 e. The van der Waals surface area contributed by atoms with Crippen molar-refractivity contribution in [3.05, 3.63) is 114 Å². The summed E-state index contributed by atoms with van der Waals surface area (Å²) in [6.45, 7) is 0. The van der Waals surface area contributed by atoms with Crippen LogP contribution >= 0.6 is 23.2 Å². The zero-order valence-corrected chi connectivity index (χ0v) is 19.8. The molecular weight excluding hydrogens is 489 g/mol. The van der Waals surface area contributed by atoms with E-state index in [0.29, 0.717) is 29.0 Å². The van der Waals surface area contributed by atoms with Crippen LogP contribution in [0.4, 0.5) is 0 Å². The highest BCUT2D eigenvalue weighted by Crippen LogP contribution is 2.51. The highest BCUT2D eigenvalue weighted by molar-refractivity contribution is 6.35. The minimum Gasteiger partial charge on any atom is -0.321 e. The molecule has 0 saturated carbocycles. The number of aryl methyl sites for hydroxylation is 1. The molecule has 0 radical (unpaired) electrons. The molecule has 9 heteroatoms. The van der Waals surface area contributed by atoms with Crippen LogP contribution in [0.5, 0.6) is 0 Å². The Morgan fingerprint density at radius 3 is 2.31 bits per heavy atom. The first-order chi connectivity index (χ1) is 17.0. The molecule has 7 nitrogen and oxygen atoms in total. The first kappa shape index (κ1) is 23.3. The number of halogens is 2. The third kappa shape index (κ3) is 3.85. The van der Waals surface area contributed by atoms with Crippen LogP contribution in [0.15, 0.2) is 77.1 Å². The first-order valence-electron chi connectivity index (χ1n) is 11.1. The number of carbonyl (C=O) groups is 2. The molecule has 3 aromatic rings. The molecule has 0 aromatic heterocycles. The fraction of sp³-hybridized carbons (Fsp3) is 0.231. The highest BCUT2D eigenvalue weighted by atomic mass is 35.5. The Kier molecular flexibility index (Phi) is 6.21. The minimum atomic E-state index is -1.12. The summed E-state index contributed by atoms with van der Waals surface area (Å²) in [6, 6.07) is 16.4. The summed E-state index contributed by atoms with van der Waals surface area (Å²) >= 11 is 12.7. The Balaban J connectivity index is 1.82. The van der Waals surface area contributed by atoms with Gasteiger partial charge in [-0.3, -0.25) is 9.59 Å². The van der Waals surface area contributed by atoms with Gasteiger partial charge in [0.1, 0.15) is 6.04 Å². The van der Waals surface area contributed by atoms with Gasteiger partial charge in [-0.05, 0) is 53.3 Å². The number of benzene rings is 3. The van der Waals surface area contributed by atoms with Gasteiger partial charge in [0.15, 0.2) is 0 Å². The summed E-state index contributed by atoms with van der Waals surface area (Å²) in [5.74, 6) is -2.45. The van der Waals surface area contributed by atoms with Gasteiger partial charge in [-0.1, -0.05) is 76.9 Å². The molecule has 35 heavy (non-hydrogen) atoms. The van der Waals surface area contributed by atoms with Gasteiger partial charge in [-0.25, -0.2) is 0 Å². The van der Waals surface area contributed by atoms with E-state index in [1.165, 1.54) is 11.0 Å². The Morgan fingerprint density at radius 2 is 1.60 bits per heavy atom. The maximum atomic E-state index is 14.1. The van der Waals surface area contributed by atoms with E-state index in [1.807, 2.05) is 24.3 Å². The number of rotatable bonds is 4. The molecule has 176 valence electrons. The molecule has 1 aliphatic carbocycles. The average molecular weight is 508 g/mol. The van der Waals surface area contributed by atoms with Crippen molar-refractivity contribution >= 4 is 35.0 Å². The molecule has 5 rings (SSSR count). The summed E-state index contributed by atoms with van der Waals surface area (Å²) in [5, 5.41) is 6.72. The second kappa shape index (κ2) is 9.32. The van der Waals surface area contributed by atoms with Gasteiger partial charge in [0, 0.05) is 20.8 Å². The topological polar surface area (TPSA) is 96.2 Å². The lowest BCUT2D eigenvalue weighted by atomic mass is 9.75. The lowest BCUT2D eigenvalue weighted by Crippen LogP contribution is -2.50. The Bertz CT molecular complexity index is 1360. The lowest BCUT2D eigenvalue weighted by Gasteiger charge is -2.47. The van der Waals surface area contributed by atoms with E-state index < -0.39 is 30.0 Å². The zero-order valence-electron chi connectivity index (χ0n) is 18.3. The van der Waals surface area contributed by atoms with Gasteiger partial charge in [0.2, 0.25) is 0 Å². The van der Waals surface area contributed by atoms with Crippen LogP contribution < -0.4 is 0 Å². The normalized spacial score (nSPS) is 23.3. The van der Waals surface area contributed by atoms with Crippen molar-refractivity contribution in [2.24, 2.45) is 10.4 Å². The van der Waals surface area contributed by atoms with Crippen LogP contribution in [0.2, 0.25) is 10.0 Å². The molecule has 0 spiro atoms. The van der Waals surface area contributed by atoms with Crippen LogP contribution in [0.1, 0.15) is 57.0 Å². The van der Waals surface area contributed by atoms with Crippen LogP contribution in [-0.2, 0) is 11.2 Å². The van der Waals surface area contributed by atoms with Gasteiger partial charge in [0.05, 0.1) is 18.0 Å². The molecular formula is C26H19Cl2N3O4. The van der Waals surface area contributed by atoms with E-state index in [0.717, 1.165) is 11.1 Å². The Hall–Kier alpha value is -3.42. The fourth-order valence-corrected chi connectivity index (χ4v) is 5.94. The summed E-state index contributed by atoms with van der Waals surface area (Å²) in [6.07, 6.45) is 1.06. The molecule has 3 aromatic carbocycles. The molecule has 0 fully saturated rings. The van der Waals surface area contributed by atoms with Gasteiger partial charge in [-0.2, -0.15) is 4.91 Å². The fourth-order valence-electron chi connectivity index (χ4n) is 5.42. The lowest BCUT2D eigenvalue weighted by molar-refractivity contribution is -0.121. The van der Waals surface area contributed by atoms with Gasteiger partial charge >= 0.3 is 0 Å². The molecule has 1 heterocycles. The van der Waals surface area contributed by atoms with E-state index in [-0.39, 0.29) is 16.5 Å². The van der Waals surface area contributed by atoms with Crippen molar-refractivity contribution in [3.63, 3.8) is 0 Å². The minimum absolute atomic E-state index is 0.225. The quantitative estimate of drug-likeness (QED) is 0.382. The maximum absolute atomic E-state index is 14.1. The molecule has 0 bridgehead atoms. The smallest absolute Gasteiger partial charge is 0.296 e.